The van der Waals surface area contributed by atoms with Crippen LogP contribution in [0.1, 0.15) is 21.6 Å². The maximum absolute atomic E-state index is 13.7. The number of aromatic nitrogens is 3. The number of aromatic hydroxyl groups is 1. The molecule has 0 aliphatic heterocycles. The van der Waals surface area contributed by atoms with Crippen molar-refractivity contribution in [2.45, 2.75) is 27.3 Å². The summed E-state index contributed by atoms with van der Waals surface area (Å²) in [6, 6.07) is 15.4. The minimum absolute atomic E-state index is 0.111. The van der Waals surface area contributed by atoms with Crippen LogP contribution in [0.25, 0.3) is 27.9 Å². The van der Waals surface area contributed by atoms with Crippen LogP contribution in [0.15, 0.2) is 65.7 Å². The number of hydrogen-bond acceptors (Lipinski definition) is 4. The van der Waals surface area contributed by atoms with Gasteiger partial charge in [-0.05, 0) is 67.3 Å². The van der Waals surface area contributed by atoms with Gasteiger partial charge in [-0.3, -0.25) is 0 Å². The van der Waals surface area contributed by atoms with E-state index in [0.717, 1.165) is 32.7 Å². The molecule has 0 saturated heterocycles. The van der Waals surface area contributed by atoms with Crippen molar-refractivity contribution in [2.24, 2.45) is 0 Å². The van der Waals surface area contributed by atoms with Gasteiger partial charge in [0.25, 0.3) is 11.5 Å². The van der Waals surface area contributed by atoms with Crippen molar-refractivity contribution >= 4 is 40.2 Å². The summed E-state index contributed by atoms with van der Waals surface area (Å²) in [6.07, 6.45) is 3.40. The number of rotatable bonds is 4. The predicted molar refractivity (Wildman–Crippen MR) is 142 cm³/mol. The molecular weight excluding hydrogens is 501 g/mol. The lowest BCUT2D eigenvalue weighted by molar-refractivity contribution is -0.671. The number of aryl methyl sites for hydroxylation is 3. The Hall–Kier alpha value is -3.19. The molecule has 0 aliphatic rings. The molecule has 0 aliphatic carbocycles. The van der Waals surface area contributed by atoms with Gasteiger partial charge in [0.05, 0.1) is 11.1 Å². The first-order valence-electron chi connectivity index (χ1n) is 11.0. The average Bonchev–Trinajstić information content (AvgIpc) is 3.21. The normalized spacial score (nSPS) is 11.3. The molecule has 3 heterocycles. The molecule has 5 rings (SSSR count). The number of fused-ring (bicyclic) bond motifs is 1. The standard InChI is InChI=1S/C27H21Cl2N3O2S/c1-15-6-7-21(22(28)11-15)18-9-16(2)10-19(12-18)23-25(33)31-8-4-5-17(3)24(31)32(26(23)34)14-20-13-30-27(29)35-20/h4-13H,14H2,1-3H3/p+1. The van der Waals surface area contributed by atoms with Crippen LogP contribution in [0.5, 0.6) is 5.88 Å². The summed E-state index contributed by atoms with van der Waals surface area (Å²) in [5.74, 6) is -0.111. The van der Waals surface area contributed by atoms with Crippen molar-refractivity contribution in [3.8, 4) is 28.1 Å². The third kappa shape index (κ3) is 4.33. The van der Waals surface area contributed by atoms with Crippen molar-refractivity contribution < 1.29 is 9.67 Å². The van der Waals surface area contributed by atoms with Crippen molar-refractivity contribution in [2.75, 3.05) is 0 Å². The van der Waals surface area contributed by atoms with Crippen LogP contribution in [-0.2, 0) is 6.54 Å². The fraction of sp³-hybridized carbons (Fsp3) is 0.148. The minimum atomic E-state index is -0.300. The smallest absolute Gasteiger partial charge is 0.354 e. The molecule has 5 aromatic rings. The monoisotopic (exact) mass is 522 g/mol. The molecule has 5 nitrogen and oxygen atoms in total. The second-order valence-corrected chi connectivity index (χ2v) is 10.7. The van der Waals surface area contributed by atoms with Crippen LogP contribution >= 0.6 is 34.5 Å². The molecule has 35 heavy (non-hydrogen) atoms. The van der Waals surface area contributed by atoms with Crippen molar-refractivity contribution in [1.82, 2.24) is 9.38 Å². The number of thiazole rings is 1. The Morgan fingerprint density at radius 1 is 1.03 bits per heavy atom. The van der Waals surface area contributed by atoms with Crippen LogP contribution in [0.2, 0.25) is 9.49 Å². The van der Waals surface area contributed by atoms with Gasteiger partial charge in [-0.2, -0.15) is 8.97 Å². The van der Waals surface area contributed by atoms with E-state index in [9.17, 15) is 9.90 Å². The van der Waals surface area contributed by atoms with E-state index in [1.807, 2.05) is 69.3 Å². The molecule has 0 unspecified atom stereocenters. The Balaban J connectivity index is 1.79. The molecule has 8 heteroatoms. The lowest BCUT2D eigenvalue weighted by atomic mass is 9.96. The topological polar surface area (TPSA) is 58.5 Å². The third-order valence-corrected chi connectivity index (χ3v) is 7.38. The van der Waals surface area contributed by atoms with E-state index in [1.165, 1.54) is 11.3 Å². The van der Waals surface area contributed by atoms with E-state index in [0.29, 0.717) is 27.2 Å². The highest BCUT2D eigenvalue weighted by Crippen LogP contribution is 2.34. The molecule has 1 N–H and O–H groups in total. The molecule has 0 radical (unpaired) electrons. The maximum atomic E-state index is 13.7. The maximum Gasteiger partial charge on any atom is 0.354 e. The van der Waals surface area contributed by atoms with Crippen LogP contribution in [0.3, 0.4) is 0 Å². The summed E-state index contributed by atoms with van der Waals surface area (Å²) in [5, 5.41) is 12.2. The van der Waals surface area contributed by atoms with Crippen LogP contribution in [0.4, 0.5) is 0 Å². The Morgan fingerprint density at radius 3 is 2.51 bits per heavy atom. The number of nitrogens with zero attached hydrogens (tertiary/aromatic N) is 3. The van der Waals surface area contributed by atoms with Gasteiger partial charge in [-0.1, -0.05) is 47.5 Å². The average molecular weight is 523 g/mol. The van der Waals surface area contributed by atoms with Crippen LogP contribution < -0.4 is 10.1 Å². The summed E-state index contributed by atoms with van der Waals surface area (Å²) in [5.41, 5.74) is 5.76. The molecule has 0 saturated carbocycles. The van der Waals surface area contributed by atoms with Gasteiger partial charge in [0, 0.05) is 22.3 Å². The fourth-order valence-corrected chi connectivity index (χ4v) is 5.73. The van der Waals surface area contributed by atoms with Gasteiger partial charge in [-0.15, -0.1) is 11.3 Å². The van der Waals surface area contributed by atoms with Crippen LogP contribution in [-0.4, -0.2) is 14.5 Å². The van der Waals surface area contributed by atoms with E-state index in [2.05, 4.69) is 4.98 Å². The van der Waals surface area contributed by atoms with E-state index < -0.39 is 0 Å². The van der Waals surface area contributed by atoms with Crippen molar-refractivity contribution in [3.05, 3.63) is 102 Å². The quantitative estimate of drug-likeness (QED) is 0.279. The van der Waals surface area contributed by atoms with Crippen LogP contribution in [0, 0.1) is 20.8 Å². The highest BCUT2D eigenvalue weighted by atomic mass is 35.5. The molecule has 176 valence electrons. The van der Waals surface area contributed by atoms with Gasteiger partial charge < -0.3 is 5.11 Å². The Bertz CT molecular complexity index is 1670. The van der Waals surface area contributed by atoms with E-state index in [4.69, 9.17) is 23.2 Å². The zero-order valence-electron chi connectivity index (χ0n) is 19.3. The highest BCUT2D eigenvalue weighted by molar-refractivity contribution is 7.15. The second-order valence-electron chi connectivity index (χ2n) is 8.63. The number of halogens is 2. The van der Waals surface area contributed by atoms with Gasteiger partial charge in [0.1, 0.15) is 6.54 Å². The number of benzene rings is 2. The first-order valence-corrected chi connectivity index (χ1v) is 12.6. The zero-order valence-corrected chi connectivity index (χ0v) is 21.7. The lowest BCUT2D eigenvalue weighted by Gasteiger charge is -2.13. The molecule has 0 fully saturated rings. The first-order chi connectivity index (χ1) is 16.7. The SMILES string of the molecule is Cc1cc(-c2ccc(C)cc2Cl)cc(-c2c(O)[n+](Cc3cnc(Cl)s3)c3c(C)cccn3c2=O)c1. The third-order valence-electron chi connectivity index (χ3n) is 5.97. The van der Waals surface area contributed by atoms with E-state index in [-0.39, 0.29) is 17.0 Å². The predicted octanol–water partition coefficient (Wildman–Crippen LogP) is 6.36. The summed E-state index contributed by atoms with van der Waals surface area (Å²) < 4.78 is 3.73. The number of hydrogen-bond donors (Lipinski definition) is 1. The van der Waals surface area contributed by atoms with Gasteiger partial charge in [-0.25, -0.2) is 9.78 Å². The molecule has 3 aromatic heterocycles. The lowest BCUT2D eigenvalue weighted by Crippen LogP contribution is -2.41. The largest absolute Gasteiger partial charge is 0.477 e. The summed E-state index contributed by atoms with van der Waals surface area (Å²) in [4.78, 5) is 18.7. The van der Waals surface area contributed by atoms with E-state index in [1.54, 1.807) is 21.4 Å². The first kappa shape index (κ1) is 23.5. The second kappa shape index (κ2) is 9.11. The minimum Gasteiger partial charge on any atom is -0.477 e. The van der Waals surface area contributed by atoms with Crippen molar-refractivity contribution in [3.63, 3.8) is 0 Å². The molecule has 0 bridgehead atoms. The number of pyridine rings is 1. The summed E-state index contributed by atoms with van der Waals surface area (Å²) in [6.45, 7) is 6.18. The van der Waals surface area contributed by atoms with Gasteiger partial charge in [0.15, 0.2) is 10.0 Å². The summed E-state index contributed by atoms with van der Waals surface area (Å²) >= 11 is 13.9. The molecular formula is C27H22Cl2N3O2S+. The Kier molecular flexibility index (Phi) is 6.13. The Morgan fingerprint density at radius 2 is 1.80 bits per heavy atom. The van der Waals surface area contributed by atoms with E-state index >= 15 is 0 Å². The van der Waals surface area contributed by atoms with Crippen molar-refractivity contribution in [1.29, 1.82) is 0 Å². The molecule has 0 amide bonds. The molecule has 0 atom stereocenters. The highest BCUT2D eigenvalue weighted by Gasteiger charge is 2.27. The Labute approximate surface area is 216 Å². The fourth-order valence-electron chi connectivity index (χ4n) is 4.42. The molecule has 0 spiro atoms. The van der Waals surface area contributed by atoms with Gasteiger partial charge in [0.2, 0.25) is 0 Å². The zero-order chi connectivity index (χ0) is 24.9. The molecule has 2 aromatic carbocycles. The summed E-state index contributed by atoms with van der Waals surface area (Å²) in [7, 11) is 0. The van der Waals surface area contributed by atoms with Gasteiger partial charge >= 0.3 is 5.56 Å².